The number of allylic oxidation sites excluding steroid dienone is 13. The monoisotopic (exact) mass is 957 g/mol. The highest BCUT2D eigenvalue weighted by molar-refractivity contribution is 7.45. The molecule has 0 aliphatic heterocycles. The Balaban J connectivity index is 4.15. The van der Waals surface area contributed by atoms with Crippen LogP contribution >= 0.6 is 7.82 Å². The maximum Gasteiger partial charge on any atom is 0.268 e. The first-order valence-electron chi connectivity index (χ1n) is 27.4. The van der Waals surface area contributed by atoms with Crippen LogP contribution in [0.5, 0.6) is 0 Å². The first-order valence-corrected chi connectivity index (χ1v) is 28.9. The van der Waals surface area contributed by atoms with E-state index in [1.54, 1.807) is 6.08 Å². The molecule has 0 aromatic heterocycles. The van der Waals surface area contributed by atoms with Gasteiger partial charge in [-0.25, -0.2) is 0 Å². The fourth-order valence-electron chi connectivity index (χ4n) is 7.55. The molecule has 0 aliphatic carbocycles. The molecule has 0 aromatic rings. The first-order chi connectivity index (χ1) is 32.5. The van der Waals surface area contributed by atoms with Crippen molar-refractivity contribution in [2.75, 3.05) is 40.9 Å². The van der Waals surface area contributed by atoms with E-state index in [2.05, 4.69) is 92.1 Å². The van der Waals surface area contributed by atoms with E-state index in [1.807, 2.05) is 27.2 Å². The van der Waals surface area contributed by atoms with Gasteiger partial charge in [-0.2, -0.15) is 0 Å². The zero-order valence-corrected chi connectivity index (χ0v) is 45.0. The summed E-state index contributed by atoms with van der Waals surface area (Å²) in [5, 5.41) is 13.8. The molecule has 0 radical (unpaired) electrons. The summed E-state index contributed by atoms with van der Waals surface area (Å²) < 4.78 is 23.3. The minimum Gasteiger partial charge on any atom is -0.756 e. The molecule has 0 fully saturated rings. The number of unbranched alkanes of at least 4 members (excludes halogenated alkanes) is 24. The van der Waals surface area contributed by atoms with E-state index in [4.69, 9.17) is 9.05 Å². The summed E-state index contributed by atoms with van der Waals surface area (Å²) in [6.45, 7) is 4.50. The number of hydrogen-bond donors (Lipinski definition) is 2. The summed E-state index contributed by atoms with van der Waals surface area (Å²) in [5.41, 5.74) is 0. The van der Waals surface area contributed by atoms with E-state index < -0.39 is 26.6 Å². The highest BCUT2D eigenvalue weighted by Crippen LogP contribution is 2.38. The normalized spacial score (nSPS) is 14.7. The third-order valence-electron chi connectivity index (χ3n) is 11.8. The summed E-state index contributed by atoms with van der Waals surface area (Å²) in [5.74, 6) is -0.210. The van der Waals surface area contributed by atoms with Crippen molar-refractivity contribution in [3.63, 3.8) is 0 Å². The number of likely N-dealkylation sites (N-methyl/N-ethyl adjacent to an activating group) is 1. The standard InChI is InChI=1S/C58H105N2O6P/c1-6-8-10-12-14-16-18-20-22-23-24-25-26-27-28-29-30-31-32-33-34-35-36-37-38-40-42-44-46-48-50-52-58(62)59-56(55-66-67(63,64)65-54-53-60(3,4)5)57(61)51-49-47-45-43-41-39-21-19-17-15-13-11-9-7-2/h8,10,14,16,20,22,24-25,27-28,41,43,49,51,56-57,61H,6-7,9,11-13,15,17-19,21,23,26,29-40,42,44-48,50,52-55H2,1-5H3,(H-,59,62,63,64)/b10-8-,16-14-,22-20-,25-24-,28-27-,43-41+,51-49+. The number of hydrogen-bond acceptors (Lipinski definition) is 6. The predicted molar refractivity (Wildman–Crippen MR) is 288 cm³/mol. The van der Waals surface area contributed by atoms with E-state index in [0.717, 1.165) is 70.6 Å². The lowest BCUT2D eigenvalue weighted by molar-refractivity contribution is -0.870. The van der Waals surface area contributed by atoms with Crippen molar-refractivity contribution in [2.45, 2.75) is 238 Å². The average molecular weight is 957 g/mol. The molecule has 0 aromatic carbocycles. The molecule has 0 spiro atoms. The Morgan fingerprint density at radius 2 is 0.925 bits per heavy atom. The lowest BCUT2D eigenvalue weighted by atomic mass is 10.0. The van der Waals surface area contributed by atoms with Crippen LogP contribution in [0.4, 0.5) is 0 Å². The SMILES string of the molecule is CC/C=C\C/C=C\C/C=C\C/C=C\C/C=C\CCCCCCCCCCCCCCCCCC(=O)NC(COP(=O)([O-])OCC[N+](C)(C)C)C(O)/C=C/CC/C=C/CCCCCCCCCC. The quantitative estimate of drug-likeness (QED) is 0.0272. The summed E-state index contributed by atoms with van der Waals surface area (Å²) in [6, 6.07) is -0.906. The van der Waals surface area contributed by atoms with Crippen LogP contribution in [-0.4, -0.2) is 68.5 Å². The van der Waals surface area contributed by atoms with E-state index in [-0.39, 0.29) is 12.5 Å². The van der Waals surface area contributed by atoms with Gasteiger partial charge in [0.15, 0.2) is 0 Å². The third-order valence-corrected chi connectivity index (χ3v) is 12.8. The van der Waals surface area contributed by atoms with Crippen LogP contribution in [0.3, 0.4) is 0 Å². The average Bonchev–Trinajstić information content (AvgIpc) is 3.29. The van der Waals surface area contributed by atoms with E-state index in [9.17, 15) is 19.4 Å². The topological polar surface area (TPSA) is 108 Å². The molecule has 0 aliphatic rings. The smallest absolute Gasteiger partial charge is 0.268 e. The van der Waals surface area contributed by atoms with Crippen LogP contribution in [0.1, 0.15) is 226 Å². The maximum atomic E-state index is 12.9. The van der Waals surface area contributed by atoms with Gasteiger partial charge in [0, 0.05) is 6.42 Å². The molecule has 3 unspecified atom stereocenters. The van der Waals surface area contributed by atoms with Crippen molar-refractivity contribution >= 4 is 13.7 Å². The fourth-order valence-corrected chi connectivity index (χ4v) is 8.27. The number of amides is 1. The molecule has 1 amide bonds. The van der Waals surface area contributed by atoms with Crippen LogP contribution in [-0.2, 0) is 18.4 Å². The molecule has 67 heavy (non-hydrogen) atoms. The fraction of sp³-hybridized carbons (Fsp3) is 0.741. The van der Waals surface area contributed by atoms with Gasteiger partial charge < -0.3 is 28.8 Å². The minimum absolute atomic E-state index is 0.00894. The summed E-state index contributed by atoms with van der Waals surface area (Å²) >= 11 is 0. The largest absolute Gasteiger partial charge is 0.756 e. The number of nitrogens with one attached hydrogen (secondary N) is 1. The van der Waals surface area contributed by atoms with Crippen molar-refractivity contribution in [2.24, 2.45) is 0 Å². The Labute approximate surface area is 414 Å². The molecule has 388 valence electrons. The number of aliphatic hydroxyl groups excluding tert-OH is 1. The predicted octanol–water partition coefficient (Wildman–Crippen LogP) is 15.8. The Kier molecular flexibility index (Phi) is 47.0. The summed E-state index contributed by atoms with van der Waals surface area (Å²) in [4.78, 5) is 25.4. The molecule has 2 N–H and O–H groups in total. The van der Waals surface area contributed by atoms with Crippen molar-refractivity contribution < 1.29 is 32.9 Å². The maximum absolute atomic E-state index is 12.9. The van der Waals surface area contributed by atoms with Crippen LogP contribution in [0.15, 0.2) is 85.1 Å². The van der Waals surface area contributed by atoms with Gasteiger partial charge in [0.25, 0.3) is 7.82 Å². The highest BCUT2D eigenvalue weighted by Gasteiger charge is 2.23. The van der Waals surface area contributed by atoms with Gasteiger partial charge in [-0.05, 0) is 77.0 Å². The molecule has 0 saturated carbocycles. The van der Waals surface area contributed by atoms with Crippen molar-refractivity contribution in [1.29, 1.82) is 0 Å². The van der Waals surface area contributed by atoms with Gasteiger partial charge in [0.1, 0.15) is 13.2 Å². The van der Waals surface area contributed by atoms with Crippen LogP contribution in [0.2, 0.25) is 0 Å². The zero-order chi connectivity index (χ0) is 49.2. The second-order valence-electron chi connectivity index (χ2n) is 19.5. The molecule has 0 bridgehead atoms. The van der Waals surface area contributed by atoms with Gasteiger partial charge in [-0.15, -0.1) is 0 Å². The van der Waals surface area contributed by atoms with Gasteiger partial charge in [0.2, 0.25) is 5.91 Å². The van der Waals surface area contributed by atoms with Gasteiger partial charge >= 0.3 is 0 Å². The Hall–Kier alpha value is -2.32. The molecule has 0 saturated heterocycles. The number of carbonyl (C=O) groups excluding carboxylic acids is 1. The molecule has 0 heterocycles. The summed E-state index contributed by atoms with van der Waals surface area (Å²) in [6.07, 6.45) is 68.0. The van der Waals surface area contributed by atoms with E-state index >= 15 is 0 Å². The Morgan fingerprint density at radius 1 is 0.537 bits per heavy atom. The number of nitrogens with zero attached hydrogens (tertiary/aromatic N) is 1. The van der Waals surface area contributed by atoms with Crippen molar-refractivity contribution in [3.05, 3.63) is 85.1 Å². The molecule has 9 heteroatoms. The van der Waals surface area contributed by atoms with E-state index in [0.29, 0.717) is 17.4 Å². The number of aliphatic hydroxyl groups is 1. The van der Waals surface area contributed by atoms with Gasteiger partial charge in [0.05, 0.1) is 39.9 Å². The van der Waals surface area contributed by atoms with Crippen molar-refractivity contribution in [1.82, 2.24) is 5.32 Å². The van der Waals surface area contributed by atoms with Gasteiger partial charge in [-0.3, -0.25) is 9.36 Å². The van der Waals surface area contributed by atoms with Crippen LogP contribution < -0.4 is 10.2 Å². The van der Waals surface area contributed by atoms with E-state index in [1.165, 1.54) is 135 Å². The Morgan fingerprint density at radius 3 is 1.39 bits per heavy atom. The van der Waals surface area contributed by atoms with Gasteiger partial charge in [-0.1, -0.05) is 227 Å². The number of rotatable bonds is 49. The first kappa shape index (κ1) is 64.7. The molecular formula is C58H105N2O6P. The third kappa shape index (κ3) is 51.4. The number of phosphoric ester groups is 1. The molecule has 0 rings (SSSR count). The number of quaternary nitrogens is 1. The summed E-state index contributed by atoms with van der Waals surface area (Å²) in [7, 11) is 1.24. The van der Waals surface area contributed by atoms with Crippen molar-refractivity contribution in [3.8, 4) is 0 Å². The van der Waals surface area contributed by atoms with Crippen LogP contribution in [0, 0.1) is 0 Å². The zero-order valence-electron chi connectivity index (χ0n) is 44.1. The molecule has 3 atom stereocenters. The number of carbonyl (C=O) groups is 1. The Bertz CT molecular complexity index is 1360. The minimum atomic E-state index is -4.60. The lowest BCUT2D eigenvalue weighted by Gasteiger charge is -2.29. The number of phosphoric acid groups is 1. The molecule has 8 nitrogen and oxygen atoms in total. The molecular weight excluding hydrogens is 852 g/mol. The lowest BCUT2D eigenvalue weighted by Crippen LogP contribution is -2.45. The second kappa shape index (κ2) is 48.7. The second-order valence-corrected chi connectivity index (χ2v) is 21.0. The highest BCUT2D eigenvalue weighted by atomic mass is 31.2. The van der Waals surface area contributed by atoms with Crippen LogP contribution in [0.25, 0.3) is 0 Å².